The van der Waals surface area contributed by atoms with Crippen molar-refractivity contribution < 1.29 is 13.2 Å². The van der Waals surface area contributed by atoms with Crippen LogP contribution < -0.4 is 0 Å². The van der Waals surface area contributed by atoms with E-state index in [1.807, 2.05) is 16.7 Å². The van der Waals surface area contributed by atoms with Gasteiger partial charge in [0.1, 0.15) is 0 Å². The topological polar surface area (TPSA) is 98.1 Å². The van der Waals surface area contributed by atoms with Crippen LogP contribution in [-0.2, 0) is 21.2 Å². The standard InChI is InChI=1S/C18H23N5O3S2/c1-4-10-23-16(14-5-8-19-9-6-14)20-21-18(23)27-13(2)17(24)22(3)15-7-11-28(25,26)12-15/h4-6,8-9,13,15H,1,7,10-12H2,2-3H3/t13-,15-/m1/s1. The number of rotatable bonds is 7. The Kier molecular flexibility index (Phi) is 6.19. The van der Waals surface area contributed by atoms with Crippen molar-refractivity contribution in [2.24, 2.45) is 0 Å². The molecule has 0 aliphatic carbocycles. The number of nitrogens with zero attached hydrogens (tertiary/aromatic N) is 5. The fourth-order valence-electron chi connectivity index (χ4n) is 3.14. The van der Waals surface area contributed by atoms with E-state index in [0.29, 0.717) is 23.9 Å². The summed E-state index contributed by atoms with van der Waals surface area (Å²) in [4.78, 5) is 18.4. The molecule has 28 heavy (non-hydrogen) atoms. The Balaban J connectivity index is 1.76. The molecular weight excluding hydrogens is 398 g/mol. The summed E-state index contributed by atoms with van der Waals surface area (Å²) in [6.07, 6.45) is 5.61. The molecule has 2 atom stereocenters. The van der Waals surface area contributed by atoms with Gasteiger partial charge in [0.2, 0.25) is 5.91 Å². The van der Waals surface area contributed by atoms with E-state index in [-0.39, 0.29) is 23.5 Å². The molecule has 0 N–H and O–H groups in total. The van der Waals surface area contributed by atoms with Gasteiger partial charge in [-0.3, -0.25) is 14.3 Å². The van der Waals surface area contributed by atoms with Gasteiger partial charge in [0.25, 0.3) is 0 Å². The Morgan fingerprint density at radius 1 is 1.43 bits per heavy atom. The number of hydrogen-bond donors (Lipinski definition) is 0. The first-order valence-electron chi connectivity index (χ1n) is 8.90. The maximum atomic E-state index is 12.8. The van der Waals surface area contributed by atoms with Crippen LogP contribution in [0.1, 0.15) is 13.3 Å². The summed E-state index contributed by atoms with van der Waals surface area (Å²) in [7, 11) is -1.37. The second-order valence-electron chi connectivity index (χ2n) is 6.71. The molecule has 1 aliphatic heterocycles. The van der Waals surface area contributed by atoms with Crippen LogP contribution in [0.15, 0.2) is 42.3 Å². The molecule has 0 aromatic carbocycles. The molecule has 0 saturated carbocycles. The van der Waals surface area contributed by atoms with Crippen molar-refractivity contribution in [3.8, 4) is 11.4 Å². The van der Waals surface area contributed by atoms with Crippen LogP contribution in [0, 0.1) is 0 Å². The molecule has 0 bridgehead atoms. The zero-order chi connectivity index (χ0) is 20.3. The summed E-state index contributed by atoms with van der Waals surface area (Å²) in [5, 5.41) is 8.71. The molecule has 1 saturated heterocycles. The van der Waals surface area contributed by atoms with Crippen molar-refractivity contribution >= 4 is 27.5 Å². The molecule has 1 amide bonds. The number of aromatic nitrogens is 4. The van der Waals surface area contributed by atoms with E-state index in [2.05, 4.69) is 21.8 Å². The molecular formula is C18H23N5O3S2. The van der Waals surface area contributed by atoms with Crippen molar-refractivity contribution in [2.75, 3.05) is 18.6 Å². The summed E-state index contributed by atoms with van der Waals surface area (Å²) in [6, 6.07) is 3.43. The van der Waals surface area contributed by atoms with Crippen LogP contribution in [-0.4, -0.2) is 68.8 Å². The third-order valence-electron chi connectivity index (χ3n) is 4.70. The van der Waals surface area contributed by atoms with Gasteiger partial charge in [0.15, 0.2) is 20.8 Å². The molecule has 1 fully saturated rings. The van der Waals surface area contributed by atoms with E-state index in [0.717, 1.165) is 5.56 Å². The van der Waals surface area contributed by atoms with E-state index in [4.69, 9.17) is 0 Å². The molecule has 150 valence electrons. The van der Waals surface area contributed by atoms with Crippen molar-refractivity contribution in [1.29, 1.82) is 0 Å². The lowest BCUT2D eigenvalue weighted by Gasteiger charge is -2.26. The first-order valence-corrected chi connectivity index (χ1v) is 11.6. The highest BCUT2D eigenvalue weighted by molar-refractivity contribution is 8.00. The minimum atomic E-state index is -3.04. The average Bonchev–Trinajstić information content (AvgIpc) is 3.24. The van der Waals surface area contributed by atoms with E-state index >= 15 is 0 Å². The number of allylic oxidation sites excluding steroid dienone is 1. The highest BCUT2D eigenvalue weighted by Gasteiger charge is 2.34. The van der Waals surface area contributed by atoms with Gasteiger partial charge in [0, 0.05) is 37.6 Å². The SMILES string of the molecule is C=CCn1c(S[C@H](C)C(=O)N(C)[C@@H]2CCS(=O)(=O)C2)nnc1-c1ccncc1. The van der Waals surface area contributed by atoms with Gasteiger partial charge in [0.05, 0.1) is 16.8 Å². The van der Waals surface area contributed by atoms with Gasteiger partial charge in [-0.15, -0.1) is 16.8 Å². The monoisotopic (exact) mass is 421 g/mol. The Labute approximate surface area is 169 Å². The third kappa shape index (κ3) is 4.44. The number of thioether (sulfide) groups is 1. The summed E-state index contributed by atoms with van der Waals surface area (Å²) >= 11 is 1.31. The Bertz CT molecular complexity index is 959. The summed E-state index contributed by atoms with van der Waals surface area (Å²) in [5.74, 6) is 0.732. The van der Waals surface area contributed by atoms with Crippen LogP contribution in [0.5, 0.6) is 0 Å². The Hall–Kier alpha value is -2.20. The first-order chi connectivity index (χ1) is 13.3. The molecule has 0 unspecified atom stereocenters. The van der Waals surface area contributed by atoms with Gasteiger partial charge in [-0.05, 0) is 25.5 Å². The van der Waals surface area contributed by atoms with E-state index in [1.165, 1.54) is 11.8 Å². The number of sulfone groups is 1. The normalized spacial score (nSPS) is 19.3. The van der Waals surface area contributed by atoms with Crippen LogP contribution in [0.25, 0.3) is 11.4 Å². The molecule has 2 aromatic rings. The fourth-order valence-corrected chi connectivity index (χ4v) is 5.87. The zero-order valence-electron chi connectivity index (χ0n) is 15.9. The molecule has 10 heteroatoms. The molecule has 2 aromatic heterocycles. The lowest BCUT2D eigenvalue weighted by Crippen LogP contribution is -2.41. The van der Waals surface area contributed by atoms with Gasteiger partial charge in [-0.2, -0.15) is 0 Å². The molecule has 1 aliphatic rings. The number of hydrogen-bond acceptors (Lipinski definition) is 7. The van der Waals surface area contributed by atoms with E-state index in [1.54, 1.807) is 37.3 Å². The second-order valence-corrected chi connectivity index (χ2v) is 10.2. The number of carbonyl (C=O) groups is 1. The largest absolute Gasteiger partial charge is 0.341 e. The maximum absolute atomic E-state index is 12.8. The van der Waals surface area contributed by atoms with Crippen molar-refractivity contribution in [3.63, 3.8) is 0 Å². The van der Waals surface area contributed by atoms with Gasteiger partial charge in [-0.1, -0.05) is 17.8 Å². The predicted molar refractivity (Wildman–Crippen MR) is 109 cm³/mol. The summed E-state index contributed by atoms with van der Waals surface area (Å²) in [6.45, 7) is 6.09. The van der Waals surface area contributed by atoms with Crippen LogP contribution in [0.3, 0.4) is 0 Å². The quantitative estimate of drug-likeness (QED) is 0.495. The summed E-state index contributed by atoms with van der Waals surface area (Å²) in [5.41, 5.74) is 0.878. The summed E-state index contributed by atoms with van der Waals surface area (Å²) < 4.78 is 25.3. The fraction of sp³-hybridized carbons (Fsp3) is 0.444. The number of carbonyl (C=O) groups excluding carboxylic acids is 1. The van der Waals surface area contributed by atoms with Gasteiger partial charge in [-0.25, -0.2) is 8.42 Å². The number of amides is 1. The van der Waals surface area contributed by atoms with Gasteiger partial charge < -0.3 is 4.90 Å². The molecule has 3 heterocycles. The molecule has 8 nitrogen and oxygen atoms in total. The van der Waals surface area contributed by atoms with Crippen LogP contribution in [0.4, 0.5) is 0 Å². The minimum absolute atomic E-state index is 0.0332. The number of pyridine rings is 1. The predicted octanol–water partition coefficient (Wildman–Crippen LogP) is 1.65. The minimum Gasteiger partial charge on any atom is -0.341 e. The third-order valence-corrected chi connectivity index (χ3v) is 7.52. The molecule has 0 radical (unpaired) electrons. The smallest absolute Gasteiger partial charge is 0.235 e. The maximum Gasteiger partial charge on any atom is 0.235 e. The molecule has 3 rings (SSSR count). The second kappa shape index (κ2) is 8.44. The highest BCUT2D eigenvalue weighted by Crippen LogP contribution is 2.28. The first kappa shape index (κ1) is 20.5. The lowest BCUT2D eigenvalue weighted by molar-refractivity contribution is -0.130. The highest BCUT2D eigenvalue weighted by atomic mass is 32.2. The lowest BCUT2D eigenvalue weighted by atomic mass is 10.2. The van der Waals surface area contributed by atoms with E-state index in [9.17, 15) is 13.2 Å². The van der Waals surface area contributed by atoms with Crippen LogP contribution >= 0.6 is 11.8 Å². The van der Waals surface area contributed by atoms with E-state index < -0.39 is 15.1 Å². The van der Waals surface area contributed by atoms with Crippen molar-refractivity contribution in [1.82, 2.24) is 24.6 Å². The zero-order valence-corrected chi connectivity index (χ0v) is 17.5. The van der Waals surface area contributed by atoms with Crippen molar-refractivity contribution in [3.05, 3.63) is 37.2 Å². The Morgan fingerprint density at radius 2 is 2.14 bits per heavy atom. The molecule has 0 spiro atoms. The Morgan fingerprint density at radius 3 is 2.75 bits per heavy atom. The van der Waals surface area contributed by atoms with Gasteiger partial charge >= 0.3 is 0 Å². The average molecular weight is 422 g/mol. The van der Waals surface area contributed by atoms with Crippen LogP contribution in [0.2, 0.25) is 0 Å². The van der Waals surface area contributed by atoms with Crippen molar-refractivity contribution in [2.45, 2.75) is 36.3 Å².